The van der Waals surface area contributed by atoms with Crippen molar-refractivity contribution in [3.8, 4) is 0 Å². The van der Waals surface area contributed by atoms with Gasteiger partial charge in [-0.25, -0.2) is 4.98 Å². The van der Waals surface area contributed by atoms with Crippen LogP contribution in [0.1, 0.15) is 32.4 Å². The Morgan fingerprint density at radius 2 is 2.15 bits per heavy atom. The first-order valence-electron chi connectivity index (χ1n) is 7.50. The first-order chi connectivity index (χ1) is 9.66. The molecule has 0 spiro atoms. The van der Waals surface area contributed by atoms with Crippen LogP contribution in [0.5, 0.6) is 0 Å². The van der Waals surface area contributed by atoms with Gasteiger partial charge in [-0.1, -0.05) is 6.07 Å². The monoisotopic (exact) mass is 274 g/mol. The summed E-state index contributed by atoms with van der Waals surface area (Å²) in [7, 11) is 2.19. The van der Waals surface area contributed by atoms with Crippen molar-refractivity contribution in [1.82, 2.24) is 19.6 Å². The fourth-order valence-corrected chi connectivity index (χ4v) is 2.16. The van der Waals surface area contributed by atoms with E-state index in [4.69, 9.17) is 0 Å². The maximum Gasteiger partial charge on any atom is 0.137 e. The lowest BCUT2D eigenvalue weighted by Crippen LogP contribution is -2.27. The van der Waals surface area contributed by atoms with Crippen LogP contribution < -0.4 is 5.32 Å². The van der Waals surface area contributed by atoms with Crippen molar-refractivity contribution in [2.24, 2.45) is 0 Å². The average Bonchev–Trinajstić information content (AvgIpc) is 2.84. The summed E-state index contributed by atoms with van der Waals surface area (Å²) in [5, 5.41) is 3.47. The molecule has 0 aliphatic rings. The third-order valence-corrected chi connectivity index (χ3v) is 3.72. The predicted octanol–water partition coefficient (Wildman–Crippen LogP) is 2.54. The summed E-state index contributed by atoms with van der Waals surface area (Å²) in [4.78, 5) is 6.97. The van der Waals surface area contributed by atoms with Gasteiger partial charge in [0.05, 0.1) is 5.69 Å². The van der Waals surface area contributed by atoms with E-state index in [2.05, 4.69) is 46.7 Å². The molecule has 2 aromatic rings. The van der Waals surface area contributed by atoms with E-state index in [0.29, 0.717) is 6.04 Å². The summed E-state index contributed by atoms with van der Waals surface area (Å²) >= 11 is 0. The summed E-state index contributed by atoms with van der Waals surface area (Å²) in [6, 6.07) is 6.72. The Hall–Kier alpha value is -1.39. The second kappa shape index (κ2) is 7.41. The molecule has 0 unspecified atom stereocenters. The predicted molar refractivity (Wildman–Crippen MR) is 83.9 cm³/mol. The highest BCUT2D eigenvalue weighted by Gasteiger charge is 2.02. The van der Waals surface area contributed by atoms with Crippen LogP contribution >= 0.6 is 0 Å². The molecule has 0 aromatic carbocycles. The zero-order valence-corrected chi connectivity index (χ0v) is 12.8. The Bertz CT molecular complexity index is 485. The van der Waals surface area contributed by atoms with Gasteiger partial charge < -0.3 is 14.6 Å². The molecule has 0 aliphatic heterocycles. The third-order valence-electron chi connectivity index (χ3n) is 3.72. The number of unbranched alkanes of at least 4 members (excludes halogenated alkanes) is 1. The first-order valence-corrected chi connectivity index (χ1v) is 7.50. The molecule has 2 aromatic heterocycles. The number of pyridine rings is 1. The fourth-order valence-electron chi connectivity index (χ4n) is 2.16. The van der Waals surface area contributed by atoms with Gasteiger partial charge in [-0.05, 0) is 59.0 Å². The molecule has 20 heavy (non-hydrogen) atoms. The van der Waals surface area contributed by atoms with Crippen LogP contribution in [0, 0.1) is 0 Å². The van der Waals surface area contributed by atoms with Gasteiger partial charge in [0.25, 0.3) is 0 Å². The van der Waals surface area contributed by atoms with Crippen LogP contribution in [0.3, 0.4) is 0 Å². The molecular formula is C16H26N4. The Balaban J connectivity index is 1.64. The number of rotatable bonds is 8. The molecule has 0 radical (unpaired) electrons. The van der Waals surface area contributed by atoms with Gasteiger partial charge in [-0.2, -0.15) is 0 Å². The van der Waals surface area contributed by atoms with Gasteiger partial charge in [0.15, 0.2) is 0 Å². The van der Waals surface area contributed by atoms with E-state index in [1.165, 1.54) is 19.4 Å². The van der Waals surface area contributed by atoms with Gasteiger partial charge in [-0.3, -0.25) is 0 Å². The molecule has 1 N–H and O–H groups in total. The number of hydrogen-bond donors (Lipinski definition) is 1. The normalized spacial score (nSPS) is 11.8. The summed E-state index contributed by atoms with van der Waals surface area (Å²) in [6.45, 7) is 7.55. The molecule has 4 heteroatoms. The van der Waals surface area contributed by atoms with Crippen molar-refractivity contribution in [1.29, 1.82) is 0 Å². The summed E-state index contributed by atoms with van der Waals surface area (Å²) < 4.78 is 2.06. The SMILES string of the molecule is CC(C)N(C)CCCCNCc1cn2ccccc2n1. The van der Waals surface area contributed by atoms with E-state index in [0.717, 1.165) is 24.4 Å². The molecule has 0 saturated heterocycles. The Labute approximate surface area is 121 Å². The number of aromatic nitrogens is 2. The van der Waals surface area contributed by atoms with E-state index >= 15 is 0 Å². The zero-order chi connectivity index (χ0) is 14.4. The topological polar surface area (TPSA) is 32.6 Å². The highest BCUT2D eigenvalue weighted by Crippen LogP contribution is 2.04. The number of imidazole rings is 1. The lowest BCUT2D eigenvalue weighted by atomic mass is 10.2. The highest BCUT2D eigenvalue weighted by atomic mass is 15.1. The van der Waals surface area contributed by atoms with Crippen LogP contribution in [0.2, 0.25) is 0 Å². The molecule has 2 heterocycles. The Kier molecular flexibility index (Phi) is 5.56. The van der Waals surface area contributed by atoms with E-state index in [1.807, 2.05) is 24.4 Å². The zero-order valence-electron chi connectivity index (χ0n) is 12.8. The van der Waals surface area contributed by atoms with Crippen LogP contribution in [0.25, 0.3) is 5.65 Å². The third kappa shape index (κ3) is 4.32. The van der Waals surface area contributed by atoms with Crippen LogP contribution in [0.4, 0.5) is 0 Å². The largest absolute Gasteiger partial charge is 0.311 e. The molecule has 2 rings (SSSR count). The van der Waals surface area contributed by atoms with Crippen molar-refractivity contribution in [2.75, 3.05) is 20.1 Å². The molecule has 0 atom stereocenters. The van der Waals surface area contributed by atoms with Gasteiger partial charge in [0, 0.05) is 25.0 Å². The first kappa shape index (κ1) is 15.0. The Morgan fingerprint density at radius 1 is 1.30 bits per heavy atom. The number of nitrogens with one attached hydrogen (secondary N) is 1. The average molecular weight is 274 g/mol. The van der Waals surface area contributed by atoms with Gasteiger partial charge >= 0.3 is 0 Å². The maximum atomic E-state index is 4.57. The lowest BCUT2D eigenvalue weighted by Gasteiger charge is -2.20. The minimum atomic E-state index is 0.640. The molecule has 0 saturated carbocycles. The quantitative estimate of drug-likeness (QED) is 0.751. The van der Waals surface area contributed by atoms with E-state index in [-0.39, 0.29) is 0 Å². The van der Waals surface area contributed by atoms with Crippen molar-refractivity contribution < 1.29 is 0 Å². The second-order valence-electron chi connectivity index (χ2n) is 5.66. The smallest absolute Gasteiger partial charge is 0.137 e. The van der Waals surface area contributed by atoms with Gasteiger partial charge in [0.2, 0.25) is 0 Å². The van der Waals surface area contributed by atoms with E-state index < -0.39 is 0 Å². The van der Waals surface area contributed by atoms with Crippen LogP contribution in [-0.4, -0.2) is 40.5 Å². The molecule has 4 nitrogen and oxygen atoms in total. The van der Waals surface area contributed by atoms with Gasteiger partial charge in [-0.15, -0.1) is 0 Å². The minimum Gasteiger partial charge on any atom is -0.311 e. The van der Waals surface area contributed by atoms with Crippen LogP contribution in [0.15, 0.2) is 30.6 Å². The van der Waals surface area contributed by atoms with Crippen LogP contribution in [-0.2, 0) is 6.54 Å². The molecular weight excluding hydrogens is 248 g/mol. The molecule has 0 fully saturated rings. The van der Waals surface area contributed by atoms with E-state index in [1.54, 1.807) is 0 Å². The molecule has 0 aliphatic carbocycles. The number of fused-ring (bicyclic) bond motifs is 1. The van der Waals surface area contributed by atoms with Crippen molar-refractivity contribution in [3.05, 3.63) is 36.3 Å². The Morgan fingerprint density at radius 3 is 2.90 bits per heavy atom. The summed E-state index contributed by atoms with van der Waals surface area (Å²) in [5.41, 5.74) is 2.12. The summed E-state index contributed by atoms with van der Waals surface area (Å²) in [5.74, 6) is 0. The van der Waals surface area contributed by atoms with Gasteiger partial charge in [0.1, 0.15) is 5.65 Å². The molecule has 0 bridgehead atoms. The summed E-state index contributed by atoms with van der Waals surface area (Å²) in [6.07, 6.45) is 6.58. The highest BCUT2D eigenvalue weighted by molar-refractivity contribution is 5.39. The standard InChI is InChI=1S/C16H26N4/c1-14(2)19(3)10-7-5-9-17-12-15-13-20-11-6-4-8-16(20)18-15/h4,6,8,11,13-14,17H,5,7,9-10,12H2,1-3H3. The number of hydrogen-bond acceptors (Lipinski definition) is 3. The van der Waals surface area contributed by atoms with Crippen molar-refractivity contribution in [2.45, 2.75) is 39.3 Å². The molecule has 110 valence electrons. The second-order valence-corrected chi connectivity index (χ2v) is 5.66. The fraction of sp³-hybridized carbons (Fsp3) is 0.562. The van der Waals surface area contributed by atoms with Crippen molar-refractivity contribution >= 4 is 5.65 Å². The minimum absolute atomic E-state index is 0.640. The van der Waals surface area contributed by atoms with E-state index in [9.17, 15) is 0 Å². The number of nitrogens with zero attached hydrogens (tertiary/aromatic N) is 3. The molecule has 0 amide bonds. The van der Waals surface area contributed by atoms with Crippen molar-refractivity contribution in [3.63, 3.8) is 0 Å². The lowest BCUT2D eigenvalue weighted by molar-refractivity contribution is 0.268. The maximum absolute atomic E-state index is 4.57.